The molecule has 0 spiro atoms. The highest BCUT2D eigenvalue weighted by molar-refractivity contribution is 7.17. The zero-order valence-electron chi connectivity index (χ0n) is 16.7. The number of anilines is 1. The van der Waals surface area contributed by atoms with E-state index in [4.69, 9.17) is 4.74 Å². The van der Waals surface area contributed by atoms with E-state index in [1.807, 2.05) is 18.2 Å². The van der Waals surface area contributed by atoms with E-state index in [-0.39, 0.29) is 11.9 Å². The van der Waals surface area contributed by atoms with E-state index < -0.39 is 0 Å². The molecule has 1 fully saturated rings. The summed E-state index contributed by atoms with van der Waals surface area (Å²) in [6, 6.07) is 18.7. The number of para-hydroxylation sites is 1. The largest absolute Gasteiger partial charge is 0.497 e. The van der Waals surface area contributed by atoms with Crippen LogP contribution in [0.1, 0.15) is 16.5 Å². The maximum Gasteiger partial charge on any atom is 0.235 e. The summed E-state index contributed by atoms with van der Waals surface area (Å²) in [5, 5.41) is 15.1. The lowest BCUT2D eigenvalue weighted by Crippen LogP contribution is -3.15. The molecule has 1 saturated heterocycles. The van der Waals surface area contributed by atoms with E-state index in [0.717, 1.165) is 42.4 Å². The Morgan fingerprint density at radius 2 is 1.90 bits per heavy atom. The van der Waals surface area contributed by atoms with Crippen LogP contribution in [0.4, 0.5) is 5.69 Å². The molecule has 7 nitrogen and oxygen atoms in total. The van der Waals surface area contributed by atoms with Crippen LogP contribution in [-0.4, -0.2) is 53.0 Å². The van der Waals surface area contributed by atoms with Crippen LogP contribution >= 0.6 is 11.3 Å². The lowest BCUT2D eigenvalue weighted by molar-refractivity contribution is -0.925. The molecular formula is C22H24N5O2S+. The number of benzene rings is 2. The summed E-state index contributed by atoms with van der Waals surface area (Å²) in [5.74, 6) is 0.997. The zero-order valence-corrected chi connectivity index (χ0v) is 17.5. The Morgan fingerprint density at radius 1 is 1.10 bits per heavy atom. The quantitative estimate of drug-likeness (QED) is 0.515. The summed E-state index contributed by atoms with van der Waals surface area (Å²) in [5.41, 5.74) is 2.38. The summed E-state index contributed by atoms with van der Waals surface area (Å²) in [4.78, 5) is 9.71. The fourth-order valence-electron chi connectivity index (χ4n) is 4.26. The van der Waals surface area contributed by atoms with E-state index in [9.17, 15) is 5.11 Å². The van der Waals surface area contributed by atoms with Crippen LogP contribution in [0.3, 0.4) is 0 Å². The number of nitrogens with one attached hydrogen (secondary N) is 1. The maximum atomic E-state index is 10.9. The van der Waals surface area contributed by atoms with E-state index >= 15 is 0 Å². The second kappa shape index (κ2) is 7.97. The maximum absolute atomic E-state index is 10.9. The molecule has 0 aliphatic carbocycles. The number of hydrogen-bond donors (Lipinski definition) is 2. The van der Waals surface area contributed by atoms with Crippen molar-refractivity contribution in [3.05, 3.63) is 71.4 Å². The lowest BCUT2D eigenvalue weighted by Gasteiger charge is -2.37. The number of fused-ring (bicyclic) bond motifs is 1. The first kappa shape index (κ1) is 18.9. The van der Waals surface area contributed by atoms with Gasteiger partial charge in [-0.25, -0.2) is 4.98 Å². The Bertz CT molecular complexity index is 1130. The van der Waals surface area contributed by atoms with Crippen molar-refractivity contribution in [1.82, 2.24) is 14.6 Å². The van der Waals surface area contributed by atoms with Gasteiger partial charge in [-0.3, -0.25) is 0 Å². The van der Waals surface area contributed by atoms with Crippen molar-refractivity contribution in [3.8, 4) is 11.6 Å². The second-order valence-corrected chi connectivity index (χ2v) is 8.44. The van der Waals surface area contributed by atoms with Crippen molar-refractivity contribution in [2.24, 2.45) is 0 Å². The first-order chi connectivity index (χ1) is 14.7. The van der Waals surface area contributed by atoms with Crippen LogP contribution in [-0.2, 0) is 0 Å². The molecule has 154 valence electrons. The van der Waals surface area contributed by atoms with Gasteiger partial charge >= 0.3 is 0 Å². The minimum absolute atomic E-state index is 0.00785. The molecule has 3 heterocycles. The molecule has 2 aromatic heterocycles. The number of nitrogens with zero attached hydrogens (tertiary/aromatic N) is 4. The number of quaternary nitrogens is 1. The summed E-state index contributed by atoms with van der Waals surface area (Å²) in [7, 11) is 1.68. The van der Waals surface area contributed by atoms with Crippen molar-refractivity contribution in [2.45, 2.75) is 6.04 Å². The van der Waals surface area contributed by atoms with Gasteiger partial charge in [-0.05, 0) is 24.3 Å². The van der Waals surface area contributed by atoms with Crippen molar-refractivity contribution < 1.29 is 14.7 Å². The monoisotopic (exact) mass is 422 g/mol. The first-order valence-electron chi connectivity index (χ1n) is 10.0. The highest BCUT2D eigenvalue weighted by Crippen LogP contribution is 2.35. The fraction of sp³-hybridized carbons (Fsp3) is 0.273. The molecule has 2 aromatic carbocycles. The fourth-order valence-corrected chi connectivity index (χ4v) is 5.37. The van der Waals surface area contributed by atoms with Gasteiger partial charge in [0.2, 0.25) is 10.8 Å². The minimum atomic E-state index is -0.00785. The van der Waals surface area contributed by atoms with Gasteiger partial charge in [0.15, 0.2) is 6.04 Å². The van der Waals surface area contributed by atoms with Gasteiger partial charge in [0.1, 0.15) is 17.0 Å². The molecular weight excluding hydrogens is 398 g/mol. The number of thiazole rings is 1. The Balaban J connectivity index is 1.49. The van der Waals surface area contributed by atoms with Crippen LogP contribution in [0.2, 0.25) is 0 Å². The van der Waals surface area contributed by atoms with E-state index in [0.29, 0.717) is 4.96 Å². The smallest absolute Gasteiger partial charge is 0.235 e. The van der Waals surface area contributed by atoms with Crippen LogP contribution in [0.25, 0.3) is 4.96 Å². The molecule has 1 aliphatic heterocycles. The summed E-state index contributed by atoms with van der Waals surface area (Å²) < 4.78 is 6.99. The van der Waals surface area contributed by atoms with Crippen molar-refractivity contribution in [1.29, 1.82) is 0 Å². The Kier molecular flexibility index (Phi) is 5.02. The Labute approximate surface area is 178 Å². The number of methoxy groups -OCH3 is 1. The average Bonchev–Trinajstić information content (AvgIpc) is 3.39. The standard InChI is InChI=1S/C22H23N5O2S/c1-29-18-9-5-6-16(14-18)19(20-21(28)27-22(30-20)23-15-24-27)26-12-10-25(11-13-26)17-7-3-2-4-8-17/h2-9,14-15,19,28H,10-13H2,1H3/p+1/t19-/m1/s1. The SMILES string of the molecule is COc1cccc([C@H](c2sc3ncnn3c2O)[NH+]2CCN(c3ccccc3)CC2)c1. The number of hydrogen-bond acceptors (Lipinski definition) is 6. The van der Waals surface area contributed by atoms with Crippen molar-refractivity contribution in [2.75, 3.05) is 38.2 Å². The number of aromatic hydroxyl groups is 1. The van der Waals surface area contributed by atoms with Gasteiger partial charge in [0.25, 0.3) is 0 Å². The van der Waals surface area contributed by atoms with E-state index in [2.05, 4.69) is 51.4 Å². The molecule has 2 N–H and O–H groups in total. The van der Waals surface area contributed by atoms with Gasteiger partial charge in [-0.15, -0.1) is 0 Å². The third-order valence-corrected chi connectivity index (χ3v) is 6.86. The van der Waals surface area contributed by atoms with Gasteiger partial charge in [0, 0.05) is 11.3 Å². The zero-order chi connectivity index (χ0) is 20.5. The van der Waals surface area contributed by atoms with Crippen molar-refractivity contribution in [3.63, 3.8) is 0 Å². The van der Waals surface area contributed by atoms with E-state index in [1.165, 1.54) is 32.8 Å². The third kappa shape index (κ3) is 3.38. The third-order valence-electron chi connectivity index (χ3n) is 5.76. The van der Waals surface area contributed by atoms with Crippen LogP contribution in [0.15, 0.2) is 60.9 Å². The number of aromatic nitrogens is 3. The molecule has 1 aliphatic rings. The molecule has 0 amide bonds. The predicted molar refractivity (Wildman–Crippen MR) is 117 cm³/mol. The van der Waals surface area contributed by atoms with Crippen molar-refractivity contribution >= 4 is 22.0 Å². The molecule has 0 unspecified atom stereocenters. The molecule has 8 heteroatoms. The Morgan fingerprint density at radius 3 is 2.63 bits per heavy atom. The van der Waals surface area contributed by atoms with E-state index in [1.54, 1.807) is 7.11 Å². The molecule has 0 saturated carbocycles. The lowest BCUT2D eigenvalue weighted by atomic mass is 10.0. The highest BCUT2D eigenvalue weighted by atomic mass is 32.1. The molecule has 30 heavy (non-hydrogen) atoms. The molecule has 0 radical (unpaired) electrons. The topological polar surface area (TPSA) is 67.3 Å². The summed E-state index contributed by atoms with van der Waals surface area (Å²) >= 11 is 1.50. The van der Waals surface area contributed by atoms with Gasteiger partial charge in [-0.2, -0.15) is 9.61 Å². The molecule has 4 aromatic rings. The Hall–Kier alpha value is -3.10. The minimum Gasteiger partial charge on any atom is -0.497 e. The highest BCUT2D eigenvalue weighted by Gasteiger charge is 2.35. The normalized spacial score (nSPS) is 16.1. The van der Waals surface area contributed by atoms with Gasteiger partial charge < -0.3 is 19.6 Å². The number of ether oxygens (including phenoxy) is 1. The summed E-state index contributed by atoms with van der Waals surface area (Å²) in [6.07, 6.45) is 1.47. The van der Waals surface area contributed by atoms with Crippen LogP contribution in [0, 0.1) is 0 Å². The number of piperazine rings is 1. The summed E-state index contributed by atoms with van der Waals surface area (Å²) in [6.45, 7) is 3.84. The molecule has 1 atom stereocenters. The predicted octanol–water partition coefficient (Wildman–Crippen LogP) is 2.00. The molecule has 5 rings (SSSR count). The first-order valence-corrected chi connectivity index (χ1v) is 10.9. The average molecular weight is 423 g/mol. The van der Waals surface area contributed by atoms with Crippen LogP contribution in [0.5, 0.6) is 11.6 Å². The number of rotatable bonds is 5. The van der Waals surface area contributed by atoms with Gasteiger partial charge in [-0.1, -0.05) is 41.7 Å². The second-order valence-electron chi connectivity index (χ2n) is 7.43. The van der Waals surface area contributed by atoms with Crippen LogP contribution < -0.4 is 14.5 Å². The van der Waals surface area contributed by atoms with Gasteiger partial charge in [0.05, 0.1) is 33.3 Å². The molecule has 0 bridgehead atoms.